The third-order valence-electron chi connectivity index (χ3n) is 6.67. The van der Waals surface area contributed by atoms with Crippen LogP contribution in [0.4, 0.5) is 29.5 Å². The number of rotatable bonds is 4. The monoisotopic (exact) mass is 530 g/mol. The van der Waals surface area contributed by atoms with Gasteiger partial charge in [-0.1, -0.05) is 6.07 Å². The van der Waals surface area contributed by atoms with Crippen molar-refractivity contribution in [3.63, 3.8) is 0 Å². The minimum absolute atomic E-state index is 0.0822. The van der Waals surface area contributed by atoms with Crippen LogP contribution in [0.5, 0.6) is 0 Å². The van der Waals surface area contributed by atoms with Crippen LogP contribution in [0.3, 0.4) is 0 Å². The summed E-state index contributed by atoms with van der Waals surface area (Å²) in [6, 6.07) is 8.84. The van der Waals surface area contributed by atoms with Crippen LogP contribution in [-0.4, -0.2) is 84.0 Å². The molecule has 1 atom stereocenters. The highest BCUT2D eigenvalue weighted by atomic mass is 19.4. The molecule has 1 aromatic carbocycles. The first-order valence-corrected chi connectivity index (χ1v) is 12.4. The molecule has 9 nitrogen and oxygen atoms in total. The molecular weight excluding hydrogens is 501 g/mol. The summed E-state index contributed by atoms with van der Waals surface area (Å²) in [5.74, 6) is 0.810. The Hall–Kier alpha value is -3.64. The molecule has 0 saturated carbocycles. The first-order chi connectivity index (χ1) is 18.2. The first kappa shape index (κ1) is 26.0. The van der Waals surface area contributed by atoms with Crippen molar-refractivity contribution in [3.8, 4) is 22.4 Å². The number of ether oxygens (including phenoxy) is 2. The van der Waals surface area contributed by atoms with Crippen LogP contribution in [0, 0.1) is 6.92 Å². The lowest BCUT2D eigenvalue weighted by Gasteiger charge is -2.33. The van der Waals surface area contributed by atoms with Crippen LogP contribution in [0.1, 0.15) is 5.56 Å². The van der Waals surface area contributed by atoms with Gasteiger partial charge >= 0.3 is 12.2 Å². The molecule has 202 valence electrons. The van der Waals surface area contributed by atoms with Crippen LogP contribution in [0.25, 0.3) is 22.4 Å². The summed E-state index contributed by atoms with van der Waals surface area (Å²) < 4.78 is 51.4. The summed E-state index contributed by atoms with van der Waals surface area (Å²) >= 11 is 0. The topological polar surface area (TPSA) is 84.8 Å². The van der Waals surface area contributed by atoms with Crippen LogP contribution in [-0.2, 0) is 16.5 Å². The van der Waals surface area contributed by atoms with Gasteiger partial charge in [-0.05, 0) is 47.9 Å². The molecule has 2 amide bonds. The first-order valence-electron chi connectivity index (χ1n) is 12.4. The van der Waals surface area contributed by atoms with E-state index in [9.17, 15) is 18.0 Å². The zero-order valence-electron chi connectivity index (χ0n) is 21.2. The number of nitrogens with zero attached hydrogens (tertiary/aromatic N) is 5. The maximum Gasteiger partial charge on any atom is 0.416 e. The van der Waals surface area contributed by atoms with E-state index in [1.807, 2.05) is 44.4 Å². The van der Waals surface area contributed by atoms with Gasteiger partial charge in [0.2, 0.25) is 0 Å². The summed E-state index contributed by atoms with van der Waals surface area (Å²) in [7, 11) is 1.85. The maximum atomic E-state index is 13.1. The number of pyridine rings is 1. The molecule has 2 saturated heterocycles. The van der Waals surface area contributed by atoms with Gasteiger partial charge in [-0.2, -0.15) is 18.3 Å². The number of morpholine rings is 2. The summed E-state index contributed by atoms with van der Waals surface area (Å²) in [6.45, 7) is 4.00. The Bertz CT molecular complexity index is 1310. The molecule has 3 aromatic rings. The Balaban J connectivity index is 1.44. The fraction of sp³-hybridized carbons (Fsp3) is 0.423. The molecule has 2 aliphatic rings. The van der Waals surface area contributed by atoms with Gasteiger partial charge in [-0.3, -0.25) is 4.68 Å². The van der Waals surface area contributed by atoms with E-state index in [0.29, 0.717) is 18.9 Å². The second-order valence-corrected chi connectivity index (χ2v) is 9.41. The average Bonchev–Trinajstić information content (AvgIpc) is 3.36. The summed E-state index contributed by atoms with van der Waals surface area (Å²) in [5.41, 5.74) is 4.87. The fourth-order valence-electron chi connectivity index (χ4n) is 4.57. The van der Waals surface area contributed by atoms with Gasteiger partial charge in [0.25, 0.3) is 0 Å². The van der Waals surface area contributed by atoms with Crippen LogP contribution < -0.4 is 10.2 Å². The molecule has 12 heteroatoms. The van der Waals surface area contributed by atoms with Crippen molar-refractivity contribution in [2.45, 2.75) is 19.2 Å². The van der Waals surface area contributed by atoms with Crippen LogP contribution in [0.2, 0.25) is 0 Å². The molecule has 0 unspecified atom stereocenters. The normalized spacial score (nSPS) is 18.5. The van der Waals surface area contributed by atoms with E-state index in [1.54, 1.807) is 16.9 Å². The number of alkyl halides is 3. The van der Waals surface area contributed by atoms with Gasteiger partial charge in [0.05, 0.1) is 38.3 Å². The number of anilines is 2. The highest BCUT2D eigenvalue weighted by molar-refractivity contribution is 5.91. The van der Waals surface area contributed by atoms with Crippen LogP contribution in [0.15, 0.2) is 42.7 Å². The van der Waals surface area contributed by atoms with Gasteiger partial charge < -0.3 is 24.6 Å². The molecule has 2 aromatic heterocycles. The lowest BCUT2D eigenvalue weighted by molar-refractivity contribution is -0.233. The number of carbonyl (C=O) groups is 1. The third kappa shape index (κ3) is 5.76. The van der Waals surface area contributed by atoms with Gasteiger partial charge in [0, 0.05) is 44.1 Å². The van der Waals surface area contributed by atoms with Gasteiger partial charge in [0.15, 0.2) is 6.10 Å². The Morgan fingerprint density at radius 2 is 1.87 bits per heavy atom. The van der Waals surface area contributed by atoms with E-state index in [4.69, 9.17) is 14.5 Å². The number of aryl methyl sites for hydroxylation is 2. The zero-order valence-corrected chi connectivity index (χ0v) is 21.2. The number of nitrogens with one attached hydrogen (secondary N) is 1. The zero-order chi connectivity index (χ0) is 26.9. The molecule has 0 radical (unpaired) electrons. The van der Waals surface area contributed by atoms with Gasteiger partial charge in [0.1, 0.15) is 5.82 Å². The summed E-state index contributed by atoms with van der Waals surface area (Å²) in [5, 5.41) is 7.04. The Morgan fingerprint density at radius 3 is 2.58 bits per heavy atom. The number of benzene rings is 1. The van der Waals surface area contributed by atoms with Gasteiger partial charge in [-0.25, -0.2) is 9.78 Å². The Morgan fingerprint density at radius 1 is 1.08 bits per heavy atom. The smallest absolute Gasteiger partial charge is 0.378 e. The van der Waals surface area contributed by atoms with Crippen molar-refractivity contribution < 1.29 is 27.4 Å². The lowest BCUT2D eigenvalue weighted by atomic mass is 9.98. The molecule has 1 N–H and O–H groups in total. The van der Waals surface area contributed by atoms with Crippen LogP contribution >= 0.6 is 0 Å². The van der Waals surface area contributed by atoms with E-state index in [0.717, 1.165) is 51.8 Å². The van der Waals surface area contributed by atoms with E-state index >= 15 is 0 Å². The molecule has 38 heavy (non-hydrogen) atoms. The number of urea groups is 1. The van der Waals surface area contributed by atoms with Crippen molar-refractivity contribution in [1.29, 1.82) is 0 Å². The highest BCUT2D eigenvalue weighted by Gasteiger charge is 2.44. The largest absolute Gasteiger partial charge is 0.416 e. The average molecular weight is 531 g/mol. The number of halogens is 3. The minimum Gasteiger partial charge on any atom is -0.378 e. The fourth-order valence-corrected chi connectivity index (χ4v) is 4.57. The molecule has 4 heterocycles. The standard InChI is InChI=1S/C26H29F3N6O3/c1-17-3-4-20(31-25(36)35-7-10-38-23(16-35)26(27,28)29)13-21(17)18-11-22(19-14-30-33(2)15-19)32-24(12-18)34-5-8-37-9-6-34/h3-4,11-15,23H,5-10,16H2,1-2H3,(H,31,36)/t23-/m1/s1. The highest BCUT2D eigenvalue weighted by Crippen LogP contribution is 2.33. The van der Waals surface area contributed by atoms with Crippen molar-refractivity contribution in [2.24, 2.45) is 7.05 Å². The quantitative estimate of drug-likeness (QED) is 0.547. The van der Waals surface area contributed by atoms with Crippen molar-refractivity contribution in [3.05, 3.63) is 48.3 Å². The van der Waals surface area contributed by atoms with Crippen molar-refractivity contribution in [1.82, 2.24) is 19.7 Å². The number of aromatic nitrogens is 3. The molecule has 2 aliphatic heterocycles. The Kier molecular flexibility index (Phi) is 7.26. The van der Waals surface area contributed by atoms with Gasteiger partial charge in [-0.15, -0.1) is 0 Å². The number of amides is 2. The number of hydrogen-bond donors (Lipinski definition) is 1. The van der Waals surface area contributed by atoms with E-state index in [2.05, 4.69) is 15.3 Å². The van der Waals surface area contributed by atoms with E-state index in [-0.39, 0.29) is 13.2 Å². The van der Waals surface area contributed by atoms with Crippen molar-refractivity contribution in [2.75, 3.05) is 56.2 Å². The minimum atomic E-state index is -4.53. The molecular formula is C26H29F3N6O3. The number of hydrogen-bond acceptors (Lipinski definition) is 6. The Labute approximate surface area is 218 Å². The molecule has 0 aliphatic carbocycles. The molecule has 0 spiro atoms. The second kappa shape index (κ2) is 10.6. The summed E-state index contributed by atoms with van der Waals surface area (Å²) in [4.78, 5) is 21.0. The SMILES string of the molecule is Cc1ccc(NC(=O)N2CCO[C@@H](C(F)(F)F)C2)cc1-c1cc(-c2cnn(C)c2)nc(N2CCOCC2)c1. The molecule has 2 fully saturated rings. The molecule has 5 rings (SSSR count). The lowest BCUT2D eigenvalue weighted by Crippen LogP contribution is -2.52. The molecule has 0 bridgehead atoms. The van der Waals surface area contributed by atoms with Crippen molar-refractivity contribution >= 4 is 17.5 Å². The predicted molar refractivity (Wildman–Crippen MR) is 136 cm³/mol. The van der Waals surface area contributed by atoms with E-state index < -0.39 is 24.9 Å². The number of carbonyl (C=O) groups excluding carboxylic acids is 1. The summed E-state index contributed by atoms with van der Waals surface area (Å²) in [6.07, 6.45) is -2.86. The predicted octanol–water partition coefficient (Wildman–Crippen LogP) is 4.09. The van der Waals surface area contributed by atoms with E-state index in [1.165, 1.54) is 0 Å². The maximum absolute atomic E-state index is 13.1. The second-order valence-electron chi connectivity index (χ2n) is 9.41. The third-order valence-corrected chi connectivity index (χ3v) is 6.67.